The molecule has 20 heavy (non-hydrogen) atoms. The maximum absolute atomic E-state index is 12.2. The summed E-state index contributed by atoms with van der Waals surface area (Å²) in [5, 5.41) is 4.02. The van der Waals surface area contributed by atoms with Crippen LogP contribution in [0.2, 0.25) is 0 Å². The maximum Gasteiger partial charge on any atom is 0.225 e. The quantitative estimate of drug-likeness (QED) is 0.881. The van der Waals surface area contributed by atoms with E-state index in [2.05, 4.69) is 5.32 Å². The van der Waals surface area contributed by atoms with E-state index in [1.807, 2.05) is 51.1 Å². The van der Waals surface area contributed by atoms with Gasteiger partial charge in [-0.1, -0.05) is 32.0 Å². The summed E-state index contributed by atoms with van der Waals surface area (Å²) >= 11 is 0. The summed E-state index contributed by atoms with van der Waals surface area (Å²) in [4.78, 5) is 12.2. The molecule has 1 aromatic carbocycles. The van der Waals surface area contributed by atoms with Gasteiger partial charge in [-0.15, -0.1) is 0 Å². The van der Waals surface area contributed by atoms with Crippen molar-refractivity contribution in [1.29, 1.82) is 0 Å². The van der Waals surface area contributed by atoms with Crippen LogP contribution < -0.4 is 11.1 Å². The Morgan fingerprint density at radius 1 is 1.30 bits per heavy atom. The largest absolute Gasteiger partial charge is 0.459 e. The summed E-state index contributed by atoms with van der Waals surface area (Å²) in [6, 6.07) is 9.61. The molecule has 0 aliphatic carbocycles. The first-order valence-corrected chi connectivity index (χ1v) is 7.01. The lowest BCUT2D eigenvalue weighted by Gasteiger charge is -2.20. The first kappa shape index (κ1) is 14.6. The lowest BCUT2D eigenvalue weighted by molar-refractivity contribution is -0.126. The van der Waals surface area contributed by atoms with Gasteiger partial charge in [-0.05, 0) is 25.0 Å². The molecule has 0 saturated carbocycles. The van der Waals surface area contributed by atoms with Crippen molar-refractivity contribution >= 4 is 16.9 Å². The average Bonchev–Trinajstić information content (AvgIpc) is 2.82. The molecule has 1 heterocycles. The number of nitrogens with one attached hydrogen (secondary N) is 1. The molecule has 1 amide bonds. The normalized spacial score (nSPS) is 14.4. The molecular formula is C16H22N2O2. The number of hydrogen-bond acceptors (Lipinski definition) is 3. The van der Waals surface area contributed by atoms with Crippen molar-refractivity contribution in [3.8, 4) is 0 Å². The molecule has 3 N–H and O–H groups in total. The minimum Gasteiger partial charge on any atom is -0.459 e. The highest BCUT2D eigenvalue weighted by atomic mass is 16.3. The van der Waals surface area contributed by atoms with Crippen LogP contribution in [-0.4, -0.2) is 12.5 Å². The lowest BCUT2D eigenvalue weighted by Crippen LogP contribution is -2.39. The summed E-state index contributed by atoms with van der Waals surface area (Å²) in [5.74, 6) is 0.805. The standard InChI is InChI=1S/C16H22N2O2/c1-10(2)13(9-17)16(19)18-11(3)15-8-12-6-4-5-7-14(12)20-15/h4-8,10-11,13H,9,17H2,1-3H3,(H,18,19). The second-order valence-electron chi connectivity index (χ2n) is 5.50. The van der Waals surface area contributed by atoms with Crippen LogP contribution in [-0.2, 0) is 4.79 Å². The Kier molecular flexibility index (Phi) is 4.45. The Morgan fingerprint density at radius 3 is 2.60 bits per heavy atom. The molecule has 0 saturated heterocycles. The number of hydrogen-bond donors (Lipinski definition) is 2. The summed E-state index contributed by atoms with van der Waals surface area (Å²) < 4.78 is 5.76. The highest BCUT2D eigenvalue weighted by Crippen LogP contribution is 2.24. The van der Waals surface area contributed by atoms with Gasteiger partial charge in [-0.25, -0.2) is 0 Å². The van der Waals surface area contributed by atoms with E-state index < -0.39 is 0 Å². The maximum atomic E-state index is 12.2. The van der Waals surface area contributed by atoms with Crippen LogP contribution >= 0.6 is 0 Å². The molecule has 2 aromatic rings. The zero-order valence-corrected chi connectivity index (χ0v) is 12.2. The number of carbonyl (C=O) groups excluding carboxylic acids is 1. The fourth-order valence-corrected chi connectivity index (χ4v) is 2.29. The van der Waals surface area contributed by atoms with Gasteiger partial charge in [0.05, 0.1) is 12.0 Å². The molecule has 108 valence electrons. The molecule has 2 unspecified atom stereocenters. The van der Waals surface area contributed by atoms with Crippen molar-refractivity contribution in [3.05, 3.63) is 36.1 Å². The number of carbonyl (C=O) groups is 1. The van der Waals surface area contributed by atoms with Gasteiger partial charge in [-0.2, -0.15) is 0 Å². The van der Waals surface area contributed by atoms with Crippen LogP contribution in [0.1, 0.15) is 32.6 Å². The smallest absolute Gasteiger partial charge is 0.225 e. The molecule has 0 bridgehead atoms. The average molecular weight is 274 g/mol. The second kappa shape index (κ2) is 6.09. The van der Waals surface area contributed by atoms with Crippen molar-refractivity contribution in [1.82, 2.24) is 5.32 Å². The molecule has 4 nitrogen and oxygen atoms in total. The minimum absolute atomic E-state index is 0.0181. The third kappa shape index (κ3) is 3.02. The fraction of sp³-hybridized carbons (Fsp3) is 0.438. The lowest BCUT2D eigenvalue weighted by atomic mass is 9.95. The number of benzene rings is 1. The first-order chi connectivity index (χ1) is 9.52. The van der Waals surface area contributed by atoms with E-state index >= 15 is 0 Å². The first-order valence-electron chi connectivity index (χ1n) is 7.01. The molecule has 1 aromatic heterocycles. The van der Waals surface area contributed by atoms with Crippen LogP contribution in [0.3, 0.4) is 0 Å². The predicted molar refractivity (Wildman–Crippen MR) is 80.2 cm³/mol. The van der Waals surface area contributed by atoms with Crippen molar-refractivity contribution in [2.75, 3.05) is 6.54 Å². The van der Waals surface area contributed by atoms with E-state index in [0.29, 0.717) is 6.54 Å². The molecule has 0 radical (unpaired) electrons. The second-order valence-corrected chi connectivity index (χ2v) is 5.50. The summed E-state index contributed by atoms with van der Waals surface area (Å²) in [5.41, 5.74) is 6.50. The predicted octanol–water partition coefficient (Wildman–Crippen LogP) is 2.84. The van der Waals surface area contributed by atoms with Gasteiger partial charge in [0, 0.05) is 11.9 Å². The van der Waals surface area contributed by atoms with Gasteiger partial charge < -0.3 is 15.5 Å². The zero-order chi connectivity index (χ0) is 14.7. The van der Waals surface area contributed by atoms with Gasteiger partial charge in [0.15, 0.2) is 0 Å². The number of rotatable bonds is 5. The molecule has 0 aliphatic heterocycles. The zero-order valence-electron chi connectivity index (χ0n) is 12.2. The van der Waals surface area contributed by atoms with Gasteiger partial charge in [0.25, 0.3) is 0 Å². The summed E-state index contributed by atoms with van der Waals surface area (Å²) in [7, 11) is 0. The molecule has 0 fully saturated rings. The van der Waals surface area contributed by atoms with Crippen molar-refractivity contribution in [2.24, 2.45) is 17.6 Å². The highest BCUT2D eigenvalue weighted by Gasteiger charge is 2.23. The number of fused-ring (bicyclic) bond motifs is 1. The van der Waals surface area contributed by atoms with Gasteiger partial charge in [0.1, 0.15) is 11.3 Å². The van der Waals surface area contributed by atoms with Crippen LogP contribution in [0.25, 0.3) is 11.0 Å². The Morgan fingerprint density at radius 2 is 2.00 bits per heavy atom. The third-order valence-corrected chi connectivity index (χ3v) is 3.63. The van der Waals surface area contributed by atoms with Crippen LogP contribution in [0.4, 0.5) is 0 Å². The Bertz CT molecular complexity index is 556. The topological polar surface area (TPSA) is 68.3 Å². The van der Waals surface area contributed by atoms with Gasteiger partial charge in [-0.3, -0.25) is 4.79 Å². The molecule has 2 atom stereocenters. The van der Waals surface area contributed by atoms with Crippen LogP contribution in [0.15, 0.2) is 34.7 Å². The van der Waals surface area contributed by atoms with Gasteiger partial charge in [0.2, 0.25) is 5.91 Å². The van der Waals surface area contributed by atoms with E-state index in [4.69, 9.17) is 10.2 Å². The number of amides is 1. The Labute approximate surface area is 119 Å². The van der Waals surface area contributed by atoms with E-state index in [0.717, 1.165) is 16.7 Å². The minimum atomic E-state index is -0.165. The number of furan rings is 1. The fourth-order valence-electron chi connectivity index (χ4n) is 2.29. The van der Waals surface area contributed by atoms with E-state index in [9.17, 15) is 4.79 Å². The van der Waals surface area contributed by atoms with Crippen LogP contribution in [0, 0.1) is 11.8 Å². The SMILES string of the molecule is CC(NC(=O)C(CN)C(C)C)c1cc2ccccc2o1. The summed E-state index contributed by atoms with van der Waals surface area (Å²) in [6.45, 7) is 6.28. The van der Waals surface area contributed by atoms with E-state index in [1.54, 1.807) is 0 Å². The third-order valence-electron chi connectivity index (χ3n) is 3.63. The number of nitrogens with two attached hydrogens (primary N) is 1. The molecule has 2 rings (SSSR count). The Hall–Kier alpha value is -1.81. The Balaban J connectivity index is 2.11. The van der Waals surface area contributed by atoms with Crippen molar-refractivity contribution in [3.63, 3.8) is 0 Å². The molecular weight excluding hydrogens is 252 g/mol. The monoisotopic (exact) mass is 274 g/mol. The molecule has 0 aliphatic rings. The number of para-hydroxylation sites is 1. The van der Waals surface area contributed by atoms with E-state index in [1.165, 1.54) is 0 Å². The van der Waals surface area contributed by atoms with Gasteiger partial charge >= 0.3 is 0 Å². The van der Waals surface area contributed by atoms with Crippen molar-refractivity contribution < 1.29 is 9.21 Å². The molecule has 0 spiro atoms. The highest BCUT2D eigenvalue weighted by molar-refractivity contribution is 5.80. The van der Waals surface area contributed by atoms with Crippen LogP contribution in [0.5, 0.6) is 0 Å². The molecule has 4 heteroatoms. The van der Waals surface area contributed by atoms with Crippen molar-refractivity contribution in [2.45, 2.75) is 26.8 Å². The van der Waals surface area contributed by atoms with E-state index in [-0.39, 0.29) is 23.8 Å². The summed E-state index contributed by atoms with van der Waals surface area (Å²) in [6.07, 6.45) is 0.